The van der Waals surface area contributed by atoms with E-state index in [0.717, 1.165) is 17.8 Å². The summed E-state index contributed by atoms with van der Waals surface area (Å²) in [6.07, 6.45) is 0. The Morgan fingerprint density at radius 1 is 1.14 bits per heavy atom. The molecule has 2 aromatic carbocycles. The summed E-state index contributed by atoms with van der Waals surface area (Å²) < 4.78 is 0. The highest BCUT2D eigenvalue weighted by molar-refractivity contribution is 5.88. The van der Waals surface area contributed by atoms with Gasteiger partial charge in [0.05, 0.1) is 5.56 Å². The second kappa shape index (κ2) is 6.44. The molecule has 0 spiro atoms. The molecule has 0 aliphatic rings. The third-order valence-corrected chi connectivity index (χ3v) is 3.57. The lowest BCUT2D eigenvalue weighted by Gasteiger charge is -2.30. The number of hydrogen-bond acceptors (Lipinski definition) is 2. The molecule has 0 saturated carbocycles. The number of nitrogens with zero attached hydrogens (tertiary/aromatic N) is 1. The monoisotopic (exact) mass is 283 g/mol. The molecule has 3 heteroatoms. The number of aryl methyl sites for hydroxylation is 1. The van der Waals surface area contributed by atoms with E-state index in [1.165, 1.54) is 5.56 Å². The second-order valence-electron chi connectivity index (χ2n) is 5.51. The second-order valence-corrected chi connectivity index (χ2v) is 5.51. The number of hydrogen-bond donors (Lipinski definition) is 1. The maximum absolute atomic E-state index is 11.0. The van der Waals surface area contributed by atoms with Gasteiger partial charge in [-0.1, -0.05) is 30.3 Å². The average molecular weight is 283 g/mol. The maximum Gasteiger partial charge on any atom is 0.335 e. The van der Waals surface area contributed by atoms with E-state index in [0.29, 0.717) is 11.6 Å². The molecular formula is C18H21NO2. The first-order chi connectivity index (χ1) is 9.99. The van der Waals surface area contributed by atoms with Gasteiger partial charge in [0, 0.05) is 18.3 Å². The highest BCUT2D eigenvalue weighted by Crippen LogP contribution is 2.25. The van der Waals surface area contributed by atoms with Crippen molar-refractivity contribution in [2.45, 2.75) is 33.4 Å². The van der Waals surface area contributed by atoms with Crippen LogP contribution in [0.5, 0.6) is 0 Å². The molecule has 0 aromatic heterocycles. The van der Waals surface area contributed by atoms with Gasteiger partial charge < -0.3 is 10.0 Å². The van der Waals surface area contributed by atoms with Crippen molar-refractivity contribution >= 4 is 11.7 Å². The highest BCUT2D eigenvalue weighted by Gasteiger charge is 2.15. The number of benzene rings is 2. The van der Waals surface area contributed by atoms with Gasteiger partial charge in [-0.2, -0.15) is 0 Å². The number of rotatable bonds is 5. The molecule has 2 aromatic rings. The third-order valence-electron chi connectivity index (χ3n) is 3.57. The molecule has 2 rings (SSSR count). The van der Waals surface area contributed by atoms with E-state index in [-0.39, 0.29) is 0 Å². The Morgan fingerprint density at radius 2 is 1.81 bits per heavy atom. The minimum atomic E-state index is -0.885. The maximum atomic E-state index is 11.0. The van der Waals surface area contributed by atoms with E-state index in [1.807, 2.05) is 31.2 Å². The van der Waals surface area contributed by atoms with E-state index in [9.17, 15) is 4.79 Å². The molecule has 0 amide bonds. The topological polar surface area (TPSA) is 40.5 Å². The van der Waals surface area contributed by atoms with Gasteiger partial charge >= 0.3 is 5.97 Å². The summed E-state index contributed by atoms with van der Waals surface area (Å²) in [5, 5.41) is 9.07. The summed E-state index contributed by atoms with van der Waals surface area (Å²) in [5.41, 5.74) is 3.64. The molecule has 3 nitrogen and oxygen atoms in total. The minimum absolute atomic E-state index is 0.333. The average Bonchev–Trinajstić information content (AvgIpc) is 2.46. The molecular weight excluding hydrogens is 262 g/mol. The molecule has 0 aliphatic heterocycles. The zero-order chi connectivity index (χ0) is 15.4. The van der Waals surface area contributed by atoms with Crippen LogP contribution in [-0.4, -0.2) is 17.1 Å². The van der Waals surface area contributed by atoms with Gasteiger partial charge in [-0.25, -0.2) is 4.79 Å². The largest absolute Gasteiger partial charge is 0.478 e. The summed E-state index contributed by atoms with van der Waals surface area (Å²) in [6, 6.07) is 15.9. The fourth-order valence-electron chi connectivity index (χ4n) is 2.44. The van der Waals surface area contributed by atoms with E-state index < -0.39 is 5.97 Å². The van der Waals surface area contributed by atoms with E-state index >= 15 is 0 Å². The Kier molecular flexibility index (Phi) is 4.63. The van der Waals surface area contributed by atoms with Crippen LogP contribution in [0, 0.1) is 6.92 Å². The molecule has 110 valence electrons. The van der Waals surface area contributed by atoms with Crippen molar-refractivity contribution in [3.63, 3.8) is 0 Å². The first-order valence-corrected chi connectivity index (χ1v) is 7.13. The molecule has 0 bridgehead atoms. The Morgan fingerprint density at radius 3 is 2.33 bits per heavy atom. The van der Waals surface area contributed by atoms with Crippen LogP contribution in [0.3, 0.4) is 0 Å². The van der Waals surface area contributed by atoms with Gasteiger partial charge in [0.15, 0.2) is 0 Å². The zero-order valence-electron chi connectivity index (χ0n) is 12.7. The molecule has 1 N–H and O–H groups in total. The lowest BCUT2D eigenvalue weighted by Crippen LogP contribution is -2.30. The molecule has 0 saturated heterocycles. The van der Waals surface area contributed by atoms with Crippen LogP contribution in [0.15, 0.2) is 48.5 Å². The predicted molar refractivity (Wildman–Crippen MR) is 85.9 cm³/mol. The van der Waals surface area contributed by atoms with Crippen LogP contribution in [0.2, 0.25) is 0 Å². The van der Waals surface area contributed by atoms with E-state index in [4.69, 9.17) is 5.11 Å². The van der Waals surface area contributed by atoms with Crippen LogP contribution in [-0.2, 0) is 6.54 Å². The number of carboxylic acid groups (broad SMARTS) is 1. The summed E-state index contributed by atoms with van der Waals surface area (Å²) in [5.74, 6) is -0.885. The summed E-state index contributed by atoms with van der Waals surface area (Å²) in [6.45, 7) is 7.06. The minimum Gasteiger partial charge on any atom is -0.478 e. The number of anilines is 1. The van der Waals surface area contributed by atoms with Crippen molar-refractivity contribution in [2.75, 3.05) is 4.90 Å². The molecule has 0 fully saturated rings. The summed E-state index contributed by atoms with van der Waals surface area (Å²) >= 11 is 0. The quantitative estimate of drug-likeness (QED) is 0.897. The number of carboxylic acids is 1. The van der Waals surface area contributed by atoms with Crippen LogP contribution < -0.4 is 4.90 Å². The molecule has 0 aliphatic carbocycles. The van der Waals surface area contributed by atoms with Crippen molar-refractivity contribution < 1.29 is 9.90 Å². The first-order valence-electron chi connectivity index (χ1n) is 7.13. The fourth-order valence-corrected chi connectivity index (χ4v) is 2.44. The van der Waals surface area contributed by atoms with E-state index in [1.54, 1.807) is 12.1 Å². The Hall–Kier alpha value is -2.29. The normalized spacial score (nSPS) is 10.7. The van der Waals surface area contributed by atoms with Crippen LogP contribution in [0.1, 0.15) is 35.3 Å². The SMILES string of the molecule is Cc1cc(C(=O)O)ccc1N(Cc1ccccc1)C(C)C. The lowest BCUT2D eigenvalue weighted by molar-refractivity contribution is 0.0697. The molecule has 0 unspecified atom stereocenters. The van der Waals surface area contributed by atoms with E-state index in [2.05, 4.69) is 30.9 Å². The summed E-state index contributed by atoms with van der Waals surface area (Å²) in [7, 11) is 0. The molecule has 0 atom stereocenters. The van der Waals surface area contributed by atoms with Crippen molar-refractivity contribution in [1.82, 2.24) is 0 Å². The zero-order valence-corrected chi connectivity index (χ0v) is 12.7. The van der Waals surface area contributed by atoms with Crippen LogP contribution in [0.4, 0.5) is 5.69 Å². The van der Waals surface area contributed by atoms with Crippen LogP contribution >= 0.6 is 0 Å². The molecule has 0 heterocycles. The van der Waals surface area contributed by atoms with Gasteiger partial charge in [0.2, 0.25) is 0 Å². The van der Waals surface area contributed by atoms with Gasteiger partial charge in [-0.05, 0) is 50.1 Å². The molecule has 21 heavy (non-hydrogen) atoms. The van der Waals surface area contributed by atoms with Gasteiger partial charge in [0.25, 0.3) is 0 Å². The number of carbonyl (C=O) groups is 1. The van der Waals surface area contributed by atoms with Crippen molar-refractivity contribution in [3.8, 4) is 0 Å². The van der Waals surface area contributed by atoms with Gasteiger partial charge in [-0.15, -0.1) is 0 Å². The van der Waals surface area contributed by atoms with Crippen molar-refractivity contribution in [1.29, 1.82) is 0 Å². The smallest absolute Gasteiger partial charge is 0.335 e. The van der Waals surface area contributed by atoms with Crippen molar-refractivity contribution in [2.24, 2.45) is 0 Å². The van der Waals surface area contributed by atoms with Crippen molar-refractivity contribution in [3.05, 3.63) is 65.2 Å². The Labute approximate surface area is 125 Å². The predicted octanol–water partition coefficient (Wildman–Crippen LogP) is 4.11. The van der Waals surface area contributed by atoms with Gasteiger partial charge in [0.1, 0.15) is 0 Å². The highest BCUT2D eigenvalue weighted by atomic mass is 16.4. The number of aromatic carboxylic acids is 1. The lowest BCUT2D eigenvalue weighted by atomic mass is 10.1. The van der Waals surface area contributed by atoms with Crippen LogP contribution in [0.25, 0.3) is 0 Å². The standard InChI is InChI=1S/C18H21NO2/c1-13(2)19(12-15-7-5-4-6-8-15)17-10-9-16(18(20)21)11-14(17)3/h4-11,13H,12H2,1-3H3,(H,20,21). The Balaban J connectivity index is 2.32. The molecule has 0 radical (unpaired) electrons. The summed E-state index contributed by atoms with van der Waals surface area (Å²) in [4.78, 5) is 13.3. The third kappa shape index (κ3) is 3.63. The van der Waals surface area contributed by atoms with Gasteiger partial charge in [-0.3, -0.25) is 0 Å². The Bertz CT molecular complexity index is 620. The fraction of sp³-hybridized carbons (Fsp3) is 0.278. The first kappa shape index (κ1) is 15.1.